The van der Waals surface area contributed by atoms with Gasteiger partial charge in [0.15, 0.2) is 0 Å². The molecular formula is C19H17ClN4O2. The summed E-state index contributed by atoms with van der Waals surface area (Å²) in [6.07, 6.45) is 5.11. The van der Waals surface area contributed by atoms with E-state index in [1.165, 1.54) is 7.11 Å². The van der Waals surface area contributed by atoms with E-state index in [4.69, 9.17) is 16.3 Å². The Morgan fingerprint density at radius 1 is 1.12 bits per heavy atom. The van der Waals surface area contributed by atoms with Crippen molar-refractivity contribution in [2.45, 2.75) is 6.54 Å². The molecule has 0 spiro atoms. The first-order valence-corrected chi connectivity index (χ1v) is 8.27. The van der Waals surface area contributed by atoms with Crippen LogP contribution in [0.25, 0.3) is 0 Å². The molecule has 3 rings (SSSR count). The molecule has 0 atom stereocenters. The van der Waals surface area contributed by atoms with Crippen molar-refractivity contribution in [2.75, 3.05) is 17.7 Å². The molecule has 2 heterocycles. The van der Waals surface area contributed by atoms with Crippen LogP contribution >= 0.6 is 11.6 Å². The number of anilines is 2. The number of nitrogens with one attached hydrogen (secondary N) is 2. The van der Waals surface area contributed by atoms with E-state index in [1.54, 1.807) is 42.9 Å². The molecule has 2 aromatic heterocycles. The van der Waals surface area contributed by atoms with Gasteiger partial charge in [-0.3, -0.25) is 9.78 Å². The number of benzene rings is 1. The quantitative estimate of drug-likeness (QED) is 0.687. The van der Waals surface area contributed by atoms with Gasteiger partial charge in [-0.15, -0.1) is 0 Å². The van der Waals surface area contributed by atoms with Gasteiger partial charge in [-0.25, -0.2) is 4.98 Å². The predicted molar refractivity (Wildman–Crippen MR) is 102 cm³/mol. The van der Waals surface area contributed by atoms with Crippen LogP contribution in [0.5, 0.6) is 5.75 Å². The minimum Gasteiger partial charge on any atom is -0.495 e. The van der Waals surface area contributed by atoms with E-state index in [0.29, 0.717) is 28.7 Å². The molecule has 3 aromatic rings. The highest BCUT2D eigenvalue weighted by atomic mass is 35.5. The van der Waals surface area contributed by atoms with E-state index in [-0.39, 0.29) is 5.91 Å². The molecule has 0 bridgehead atoms. The number of carbonyl (C=O) groups excluding carboxylic acids is 1. The molecule has 0 saturated carbocycles. The first-order chi connectivity index (χ1) is 12.7. The monoisotopic (exact) mass is 368 g/mol. The van der Waals surface area contributed by atoms with Crippen molar-refractivity contribution in [3.63, 3.8) is 0 Å². The Morgan fingerprint density at radius 2 is 1.88 bits per heavy atom. The number of pyridine rings is 2. The van der Waals surface area contributed by atoms with Gasteiger partial charge in [0.2, 0.25) is 0 Å². The third-order valence-corrected chi connectivity index (χ3v) is 3.95. The van der Waals surface area contributed by atoms with Crippen LogP contribution in [0.3, 0.4) is 0 Å². The number of methoxy groups -OCH3 is 1. The maximum Gasteiger partial charge on any atom is 0.274 e. The molecule has 0 aliphatic carbocycles. The highest BCUT2D eigenvalue weighted by Gasteiger charge is 2.09. The Hall–Kier alpha value is -3.12. The smallest absolute Gasteiger partial charge is 0.274 e. The van der Waals surface area contributed by atoms with Crippen molar-refractivity contribution >= 4 is 28.9 Å². The van der Waals surface area contributed by atoms with Gasteiger partial charge in [0.05, 0.1) is 24.0 Å². The van der Waals surface area contributed by atoms with Gasteiger partial charge in [-0.05, 0) is 48.0 Å². The van der Waals surface area contributed by atoms with Crippen LogP contribution in [0.2, 0.25) is 5.02 Å². The number of carbonyl (C=O) groups is 1. The molecular weight excluding hydrogens is 352 g/mol. The number of ether oxygens (including phenoxy) is 1. The number of aromatic nitrogens is 2. The molecule has 0 radical (unpaired) electrons. The molecule has 0 unspecified atom stereocenters. The molecule has 1 aromatic carbocycles. The summed E-state index contributed by atoms with van der Waals surface area (Å²) in [6.45, 7) is 0.653. The van der Waals surface area contributed by atoms with Crippen LogP contribution in [0.4, 0.5) is 11.4 Å². The minimum absolute atomic E-state index is 0.311. The zero-order valence-corrected chi connectivity index (χ0v) is 14.8. The summed E-state index contributed by atoms with van der Waals surface area (Å²) in [7, 11) is 1.54. The molecule has 1 amide bonds. The Balaban J connectivity index is 1.60. The number of nitrogens with zero attached hydrogens (tertiary/aromatic N) is 2. The molecule has 0 aliphatic heterocycles. The van der Waals surface area contributed by atoms with Crippen LogP contribution in [0, 0.1) is 0 Å². The first kappa shape index (κ1) is 17.7. The van der Waals surface area contributed by atoms with E-state index in [9.17, 15) is 4.79 Å². The Kier molecular flexibility index (Phi) is 5.66. The highest BCUT2D eigenvalue weighted by Crippen LogP contribution is 2.27. The average Bonchev–Trinajstić information content (AvgIpc) is 2.68. The third kappa shape index (κ3) is 4.49. The van der Waals surface area contributed by atoms with E-state index in [1.807, 2.05) is 18.2 Å². The largest absolute Gasteiger partial charge is 0.495 e. The summed E-state index contributed by atoms with van der Waals surface area (Å²) in [5, 5.41) is 6.43. The number of halogens is 1. The lowest BCUT2D eigenvalue weighted by Gasteiger charge is -2.09. The molecule has 0 aliphatic rings. The Bertz CT molecular complexity index is 886. The molecule has 0 fully saturated rings. The fourth-order valence-corrected chi connectivity index (χ4v) is 2.53. The van der Waals surface area contributed by atoms with Crippen molar-refractivity contribution in [1.82, 2.24) is 9.97 Å². The summed E-state index contributed by atoms with van der Waals surface area (Å²) >= 11 is 6.06. The topological polar surface area (TPSA) is 76.1 Å². The highest BCUT2D eigenvalue weighted by molar-refractivity contribution is 6.32. The zero-order chi connectivity index (χ0) is 18.4. The number of hydrogen-bond acceptors (Lipinski definition) is 5. The van der Waals surface area contributed by atoms with Gasteiger partial charge in [-0.1, -0.05) is 11.6 Å². The van der Waals surface area contributed by atoms with Crippen molar-refractivity contribution in [3.8, 4) is 5.75 Å². The second-order valence-electron chi connectivity index (χ2n) is 5.44. The van der Waals surface area contributed by atoms with Crippen LogP contribution in [-0.2, 0) is 6.54 Å². The SMILES string of the molecule is COc1ccc(NC(=O)c2ccc(NCc3ccncc3)cn2)cc1Cl. The van der Waals surface area contributed by atoms with Gasteiger partial charge >= 0.3 is 0 Å². The zero-order valence-electron chi connectivity index (χ0n) is 14.1. The molecule has 26 heavy (non-hydrogen) atoms. The average molecular weight is 369 g/mol. The Labute approximate surface area is 156 Å². The summed E-state index contributed by atoms with van der Waals surface area (Å²) in [4.78, 5) is 20.5. The van der Waals surface area contributed by atoms with Gasteiger partial charge < -0.3 is 15.4 Å². The predicted octanol–water partition coefficient (Wildman–Crippen LogP) is 4.00. The van der Waals surface area contributed by atoms with E-state index in [0.717, 1.165) is 11.3 Å². The van der Waals surface area contributed by atoms with Crippen LogP contribution in [-0.4, -0.2) is 23.0 Å². The maximum atomic E-state index is 12.3. The van der Waals surface area contributed by atoms with E-state index < -0.39 is 0 Å². The fourth-order valence-electron chi connectivity index (χ4n) is 2.28. The number of hydrogen-bond donors (Lipinski definition) is 2. The van der Waals surface area contributed by atoms with Gasteiger partial charge in [0.1, 0.15) is 11.4 Å². The van der Waals surface area contributed by atoms with Crippen LogP contribution < -0.4 is 15.4 Å². The second-order valence-corrected chi connectivity index (χ2v) is 5.85. The normalized spacial score (nSPS) is 10.2. The lowest BCUT2D eigenvalue weighted by atomic mass is 10.2. The summed E-state index contributed by atoms with van der Waals surface area (Å²) in [6, 6.07) is 12.4. The van der Waals surface area contributed by atoms with Crippen molar-refractivity contribution in [1.29, 1.82) is 0 Å². The van der Waals surface area contributed by atoms with Gasteiger partial charge in [-0.2, -0.15) is 0 Å². The third-order valence-electron chi connectivity index (χ3n) is 3.65. The van der Waals surface area contributed by atoms with E-state index >= 15 is 0 Å². The van der Waals surface area contributed by atoms with Crippen molar-refractivity contribution < 1.29 is 9.53 Å². The first-order valence-electron chi connectivity index (χ1n) is 7.89. The standard InChI is InChI=1S/C19H17ClN4O2/c1-26-18-5-3-14(10-16(18)20)24-19(25)17-4-2-15(12-23-17)22-11-13-6-8-21-9-7-13/h2-10,12,22H,11H2,1H3,(H,24,25). The summed E-state index contributed by atoms with van der Waals surface area (Å²) < 4.78 is 5.09. The van der Waals surface area contributed by atoms with Gasteiger partial charge in [0.25, 0.3) is 5.91 Å². The van der Waals surface area contributed by atoms with Crippen molar-refractivity contribution in [3.05, 3.63) is 77.3 Å². The lowest BCUT2D eigenvalue weighted by Crippen LogP contribution is -2.13. The second kappa shape index (κ2) is 8.31. The minimum atomic E-state index is -0.313. The molecule has 0 saturated heterocycles. The summed E-state index contributed by atoms with van der Waals surface area (Å²) in [5.41, 5.74) is 2.82. The Morgan fingerprint density at radius 3 is 2.54 bits per heavy atom. The van der Waals surface area contributed by atoms with Crippen molar-refractivity contribution in [2.24, 2.45) is 0 Å². The molecule has 132 valence electrons. The van der Waals surface area contributed by atoms with Gasteiger partial charge in [0, 0.05) is 24.6 Å². The summed E-state index contributed by atoms with van der Waals surface area (Å²) in [5.74, 6) is 0.235. The lowest BCUT2D eigenvalue weighted by molar-refractivity contribution is 0.102. The fraction of sp³-hybridized carbons (Fsp3) is 0.105. The number of amides is 1. The molecule has 7 heteroatoms. The molecule has 6 nitrogen and oxygen atoms in total. The maximum absolute atomic E-state index is 12.3. The molecule has 2 N–H and O–H groups in total. The van der Waals surface area contributed by atoms with Crippen LogP contribution in [0.15, 0.2) is 61.1 Å². The van der Waals surface area contributed by atoms with E-state index in [2.05, 4.69) is 20.6 Å². The van der Waals surface area contributed by atoms with Crippen LogP contribution in [0.1, 0.15) is 16.1 Å². The number of rotatable bonds is 6.